The van der Waals surface area contributed by atoms with E-state index < -0.39 is 23.6 Å². The van der Waals surface area contributed by atoms with Gasteiger partial charge in [0.25, 0.3) is 5.91 Å². The first-order valence-electron chi connectivity index (χ1n) is 11.8. The van der Waals surface area contributed by atoms with Crippen molar-refractivity contribution in [2.75, 3.05) is 44.8 Å². The number of anilines is 1. The van der Waals surface area contributed by atoms with Crippen molar-refractivity contribution in [3.63, 3.8) is 0 Å². The number of nitrogens with zero attached hydrogens (tertiary/aromatic N) is 1. The predicted molar refractivity (Wildman–Crippen MR) is 127 cm³/mol. The Morgan fingerprint density at radius 1 is 1.09 bits per heavy atom. The van der Waals surface area contributed by atoms with Crippen LogP contribution in [0.3, 0.4) is 0 Å². The number of rotatable bonds is 11. The number of nitrogens with one attached hydrogen (secondary N) is 3. The molecule has 4 amide bonds. The van der Waals surface area contributed by atoms with E-state index in [9.17, 15) is 19.2 Å². The normalized spacial score (nSPS) is 17.7. The number of fused-ring (bicyclic) bond motifs is 1. The van der Waals surface area contributed by atoms with Gasteiger partial charge in [-0.2, -0.15) is 0 Å². The molecular weight excluding hydrogens is 456 g/mol. The van der Waals surface area contributed by atoms with Gasteiger partial charge in [0.2, 0.25) is 11.8 Å². The van der Waals surface area contributed by atoms with Gasteiger partial charge in [-0.3, -0.25) is 19.7 Å². The third kappa shape index (κ3) is 7.66. The lowest BCUT2D eigenvalue weighted by molar-refractivity contribution is -0.136. The Kier molecular flexibility index (Phi) is 9.05. The van der Waals surface area contributed by atoms with Crippen LogP contribution in [0.1, 0.15) is 49.5 Å². The molecule has 2 heterocycles. The molecule has 2 aliphatic rings. The fourth-order valence-electron chi connectivity index (χ4n) is 3.87. The van der Waals surface area contributed by atoms with Crippen molar-refractivity contribution in [2.24, 2.45) is 0 Å². The predicted octanol–water partition coefficient (Wildman–Crippen LogP) is 1.42. The third-order valence-electron chi connectivity index (χ3n) is 5.43. The lowest BCUT2D eigenvalue weighted by Crippen LogP contribution is -2.52. The topological polar surface area (TPSA) is 135 Å². The van der Waals surface area contributed by atoms with Crippen molar-refractivity contribution in [3.8, 4) is 0 Å². The second-order valence-electron chi connectivity index (χ2n) is 9.31. The van der Waals surface area contributed by atoms with Crippen LogP contribution in [-0.4, -0.2) is 79.9 Å². The summed E-state index contributed by atoms with van der Waals surface area (Å²) in [7, 11) is 0. The van der Waals surface area contributed by atoms with Gasteiger partial charge in [-0.15, -0.1) is 0 Å². The van der Waals surface area contributed by atoms with Crippen LogP contribution in [0.25, 0.3) is 0 Å². The number of piperidine rings is 1. The minimum atomic E-state index is -0.636. The Hall–Kier alpha value is -3.18. The van der Waals surface area contributed by atoms with Gasteiger partial charge in [0.15, 0.2) is 0 Å². The third-order valence-corrected chi connectivity index (χ3v) is 5.43. The molecule has 0 aliphatic carbocycles. The lowest BCUT2D eigenvalue weighted by atomic mass is 10.0. The van der Waals surface area contributed by atoms with Crippen molar-refractivity contribution < 1.29 is 33.4 Å². The molecule has 0 radical (unpaired) electrons. The van der Waals surface area contributed by atoms with E-state index in [0.717, 1.165) is 11.3 Å². The Balaban J connectivity index is 1.33. The molecule has 0 spiro atoms. The first-order chi connectivity index (χ1) is 16.7. The SMILES string of the molecule is CC(C)(C)OC(=O)NCCOCCOCCNc1cccc2c1CN(C1CCC(=O)NC1=O)C2=O. The molecule has 192 valence electrons. The second kappa shape index (κ2) is 12.0. The minimum absolute atomic E-state index is 0.201. The molecule has 1 atom stereocenters. The van der Waals surface area contributed by atoms with Crippen LogP contribution in [0.15, 0.2) is 18.2 Å². The van der Waals surface area contributed by atoms with Crippen LogP contribution in [0.2, 0.25) is 0 Å². The van der Waals surface area contributed by atoms with Crippen LogP contribution >= 0.6 is 0 Å². The monoisotopic (exact) mass is 490 g/mol. The van der Waals surface area contributed by atoms with E-state index >= 15 is 0 Å². The zero-order valence-electron chi connectivity index (χ0n) is 20.5. The Labute approximate surface area is 204 Å². The number of carbonyl (C=O) groups is 4. The molecule has 11 heteroatoms. The highest BCUT2D eigenvalue weighted by Gasteiger charge is 2.39. The fourth-order valence-corrected chi connectivity index (χ4v) is 3.87. The van der Waals surface area contributed by atoms with E-state index in [-0.39, 0.29) is 18.2 Å². The average molecular weight is 491 g/mol. The van der Waals surface area contributed by atoms with Crippen molar-refractivity contribution >= 4 is 29.5 Å². The maximum atomic E-state index is 12.9. The number of hydrogen-bond acceptors (Lipinski definition) is 8. The van der Waals surface area contributed by atoms with E-state index in [1.807, 2.05) is 6.07 Å². The molecule has 2 aliphatic heterocycles. The average Bonchev–Trinajstić information content (AvgIpc) is 3.11. The highest BCUT2D eigenvalue weighted by molar-refractivity contribution is 6.06. The molecule has 35 heavy (non-hydrogen) atoms. The lowest BCUT2D eigenvalue weighted by Gasteiger charge is -2.29. The van der Waals surface area contributed by atoms with Crippen molar-refractivity contribution in [1.29, 1.82) is 0 Å². The van der Waals surface area contributed by atoms with Crippen molar-refractivity contribution in [2.45, 2.75) is 51.8 Å². The summed E-state index contributed by atoms with van der Waals surface area (Å²) in [5.74, 6) is -0.929. The molecule has 1 saturated heterocycles. The largest absolute Gasteiger partial charge is 0.444 e. The van der Waals surface area contributed by atoms with E-state index in [1.54, 1.807) is 32.9 Å². The summed E-state index contributed by atoms with van der Waals surface area (Å²) in [6, 6.07) is 4.80. The van der Waals surface area contributed by atoms with E-state index in [1.165, 1.54) is 4.90 Å². The van der Waals surface area contributed by atoms with E-state index in [2.05, 4.69) is 16.0 Å². The molecule has 3 N–H and O–H groups in total. The molecule has 3 rings (SSSR count). The molecule has 0 saturated carbocycles. The Morgan fingerprint density at radius 2 is 1.80 bits per heavy atom. The fraction of sp³-hybridized carbons (Fsp3) is 0.583. The molecule has 1 aromatic carbocycles. The van der Waals surface area contributed by atoms with Crippen molar-refractivity contribution in [1.82, 2.24) is 15.5 Å². The second-order valence-corrected chi connectivity index (χ2v) is 9.31. The Morgan fingerprint density at radius 3 is 2.49 bits per heavy atom. The molecule has 0 aromatic heterocycles. The first kappa shape index (κ1) is 26.4. The summed E-state index contributed by atoms with van der Waals surface area (Å²) < 4.78 is 16.1. The number of carbonyl (C=O) groups excluding carboxylic acids is 4. The van der Waals surface area contributed by atoms with Gasteiger partial charge in [0.05, 0.1) is 26.4 Å². The van der Waals surface area contributed by atoms with Gasteiger partial charge in [-0.1, -0.05) is 6.07 Å². The number of amides is 4. The summed E-state index contributed by atoms with van der Waals surface area (Å²) in [6.07, 6.45) is 0.0843. The molecular formula is C24H34N4O7. The van der Waals surface area contributed by atoms with Gasteiger partial charge in [-0.25, -0.2) is 4.79 Å². The van der Waals surface area contributed by atoms with E-state index in [0.29, 0.717) is 58.0 Å². The molecule has 1 fully saturated rings. The van der Waals surface area contributed by atoms with Crippen LogP contribution in [0.4, 0.5) is 10.5 Å². The maximum Gasteiger partial charge on any atom is 0.407 e. The summed E-state index contributed by atoms with van der Waals surface area (Å²) in [5.41, 5.74) is 1.69. The van der Waals surface area contributed by atoms with Crippen molar-refractivity contribution in [3.05, 3.63) is 29.3 Å². The zero-order chi connectivity index (χ0) is 25.4. The smallest absolute Gasteiger partial charge is 0.407 e. The number of hydrogen-bond donors (Lipinski definition) is 3. The van der Waals surface area contributed by atoms with Gasteiger partial charge < -0.3 is 29.7 Å². The molecule has 1 aromatic rings. The molecule has 0 bridgehead atoms. The van der Waals surface area contributed by atoms with Gasteiger partial charge in [0, 0.05) is 42.9 Å². The Bertz CT molecular complexity index is 944. The quantitative estimate of drug-likeness (QED) is 0.313. The molecule has 1 unspecified atom stereocenters. The number of alkyl carbamates (subject to hydrolysis) is 1. The minimum Gasteiger partial charge on any atom is -0.444 e. The standard InChI is InChI=1S/C24H34N4O7/c1-24(2,3)35-23(32)26-10-12-34-14-13-33-11-9-25-18-6-4-5-16-17(18)15-28(22(16)31)19-7-8-20(29)27-21(19)30/h4-6,19,25H,7-15H2,1-3H3,(H,26,32)(H,27,29,30). The number of imide groups is 1. The van der Waals surface area contributed by atoms with Gasteiger partial charge in [0.1, 0.15) is 11.6 Å². The summed E-state index contributed by atoms with van der Waals surface area (Å²) in [6.45, 7) is 8.20. The summed E-state index contributed by atoms with van der Waals surface area (Å²) in [4.78, 5) is 49.6. The van der Waals surface area contributed by atoms with Crippen LogP contribution < -0.4 is 16.0 Å². The van der Waals surface area contributed by atoms with Gasteiger partial charge in [-0.05, 0) is 39.3 Å². The highest BCUT2D eigenvalue weighted by atomic mass is 16.6. The van der Waals surface area contributed by atoms with Crippen LogP contribution in [0.5, 0.6) is 0 Å². The number of ether oxygens (including phenoxy) is 3. The summed E-state index contributed by atoms with van der Waals surface area (Å²) in [5, 5.41) is 8.22. The van der Waals surface area contributed by atoms with E-state index in [4.69, 9.17) is 14.2 Å². The van der Waals surface area contributed by atoms with Gasteiger partial charge >= 0.3 is 6.09 Å². The molecule has 11 nitrogen and oxygen atoms in total. The van der Waals surface area contributed by atoms with Crippen LogP contribution in [0, 0.1) is 0 Å². The highest BCUT2D eigenvalue weighted by Crippen LogP contribution is 2.32. The first-order valence-corrected chi connectivity index (χ1v) is 11.8. The zero-order valence-corrected chi connectivity index (χ0v) is 20.5. The maximum absolute atomic E-state index is 12.9. The summed E-state index contributed by atoms with van der Waals surface area (Å²) >= 11 is 0. The number of benzene rings is 1. The van der Waals surface area contributed by atoms with Crippen LogP contribution in [-0.2, 0) is 30.3 Å².